The van der Waals surface area contributed by atoms with E-state index in [4.69, 9.17) is 0 Å². The fourth-order valence-corrected chi connectivity index (χ4v) is 4.38. The molecule has 0 spiro atoms. The Labute approximate surface area is 173 Å². The highest BCUT2D eigenvalue weighted by Gasteiger charge is 2.34. The fraction of sp³-hybridized carbons (Fsp3) is 0.100. The summed E-state index contributed by atoms with van der Waals surface area (Å²) in [4.78, 5) is 42.3. The molecule has 0 atom stereocenters. The van der Waals surface area contributed by atoms with E-state index in [9.17, 15) is 18.8 Å². The van der Waals surface area contributed by atoms with Gasteiger partial charge in [-0.3, -0.25) is 19.3 Å². The molecule has 1 aromatic heterocycles. The van der Waals surface area contributed by atoms with E-state index in [1.807, 2.05) is 0 Å². The number of carbonyl (C=O) groups is 3. The molecule has 6 nitrogen and oxygen atoms in total. The lowest BCUT2D eigenvalue weighted by Crippen LogP contribution is -2.37. The number of hydrogen-bond donors (Lipinski definition) is 1. The number of fused-ring (bicyclic) bond motifs is 1. The van der Waals surface area contributed by atoms with Crippen LogP contribution in [0.4, 0.5) is 9.18 Å². The lowest BCUT2D eigenvalue weighted by atomic mass is 10.2. The Morgan fingerprint density at radius 3 is 2.86 bits per heavy atom. The highest BCUT2D eigenvalue weighted by molar-refractivity contribution is 8.18. The van der Waals surface area contributed by atoms with Crippen LogP contribution in [0.1, 0.15) is 15.9 Å². The van der Waals surface area contributed by atoms with E-state index < -0.39 is 17.0 Å². The number of nitrogens with zero attached hydrogens (tertiary/aromatic N) is 2. The van der Waals surface area contributed by atoms with Gasteiger partial charge < -0.3 is 5.32 Å². The van der Waals surface area contributed by atoms with Crippen molar-refractivity contribution in [2.24, 2.45) is 0 Å². The maximum absolute atomic E-state index is 13.8. The molecule has 1 aliphatic heterocycles. The fourth-order valence-electron chi connectivity index (χ4n) is 2.81. The third-order valence-corrected chi connectivity index (χ3v) is 5.98. The lowest BCUT2D eigenvalue weighted by Gasteiger charge is -2.13. The second kappa shape index (κ2) is 8.14. The SMILES string of the molecule is O=C(NCCN1C(=O)SC(=Cc2ccccc2F)C1=O)c1ccc2ncsc2c1. The molecule has 0 radical (unpaired) electrons. The molecule has 1 N–H and O–H groups in total. The summed E-state index contributed by atoms with van der Waals surface area (Å²) in [6, 6.07) is 11.2. The number of amides is 3. The summed E-state index contributed by atoms with van der Waals surface area (Å²) in [6.45, 7) is 0.151. The van der Waals surface area contributed by atoms with Crippen LogP contribution in [0.25, 0.3) is 16.3 Å². The van der Waals surface area contributed by atoms with Gasteiger partial charge in [-0.15, -0.1) is 11.3 Å². The van der Waals surface area contributed by atoms with Gasteiger partial charge in [-0.1, -0.05) is 18.2 Å². The van der Waals surface area contributed by atoms with Gasteiger partial charge in [0.15, 0.2) is 0 Å². The minimum atomic E-state index is -0.497. The Bertz CT molecular complexity index is 1160. The van der Waals surface area contributed by atoms with E-state index in [1.54, 1.807) is 35.8 Å². The predicted octanol–water partition coefficient (Wildman–Crippen LogP) is 3.90. The second-order valence-corrected chi connectivity index (χ2v) is 8.03. The van der Waals surface area contributed by atoms with Crippen molar-refractivity contribution in [3.8, 4) is 0 Å². The van der Waals surface area contributed by atoms with Gasteiger partial charge in [0.25, 0.3) is 17.1 Å². The Morgan fingerprint density at radius 2 is 2.03 bits per heavy atom. The average molecular weight is 427 g/mol. The number of halogens is 1. The minimum absolute atomic E-state index is 0.0355. The van der Waals surface area contributed by atoms with E-state index in [0.29, 0.717) is 5.56 Å². The Morgan fingerprint density at radius 1 is 1.21 bits per heavy atom. The largest absolute Gasteiger partial charge is 0.350 e. The maximum Gasteiger partial charge on any atom is 0.293 e. The molecule has 146 valence electrons. The summed E-state index contributed by atoms with van der Waals surface area (Å²) in [6.07, 6.45) is 1.36. The first-order valence-corrected chi connectivity index (χ1v) is 10.3. The number of nitrogens with one attached hydrogen (secondary N) is 1. The number of thioether (sulfide) groups is 1. The summed E-state index contributed by atoms with van der Waals surface area (Å²) >= 11 is 2.20. The number of imide groups is 1. The van der Waals surface area contributed by atoms with E-state index in [-0.39, 0.29) is 29.5 Å². The standard InChI is InChI=1S/C20H14FN3O3S2/c21-14-4-2-1-3-12(14)9-17-19(26)24(20(27)29-17)8-7-22-18(25)13-5-6-15-16(10-13)28-11-23-15/h1-6,9-11H,7-8H2,(H,22,25). The molecule has 0 bridgehead atoms. The normalized spacial score (nSPS) is 15.5. The molecule has 1 saturated heterocycles. The van der Waals surface area contributed by atoms with Crippen molar-refractivity contribution in [3.05, 3.63) is 69.8 Å². The molecule has 0 aliphatic carbocycles. The summed E-state index contributed by atoms with van der Waals surface area (Å²) < 4.78 is 14.7. The van der Waals surface area contributed by atoms with Crippen molar-refractivity contribution in [1.82, 2.24) is 15.2 Å². The number of benzene rings is 2. The van der Waals surface area contributed by atoms with Crippen LogP contribution >= 0.6 is 23.1 Å². The number of thiazole rings is 1. The number of aromatic nitrogens is 1. The van der Waals surface area contributed by atoms with Crippen molar-refractivity contribution in [2.45, 2.75) is 0 Å². The van der Waals surface area contributed by atoms with Gasteiger partial charge in [0, 0.05) is 24.2 Å². The van der Waals surface area contributed by atoms with Gasteiger partial charge >= 0.3 is 0 Å². The highest BCUT2D eigenvalue weighted by Crippen LogP contribution is 2.32. The number of hydrogen-bond acceptors (Lipinski definition) is 6. The van der Waals surface area contributed by atoms with Gasteiger partial charge in [0.1, 0.15) is 5.82 Å². The van der Waals surface area contributed by atoms with Crippen LogP contribution in [-0.4, -0.2) is 40.0 Å². The minimum Gasteiger partial charge on any atom is -0.350 e. The van der Waals surface area contributed by atoms with Gasteiger partial charge in [-0.05, 0) is 42.1 Å². The first-order chi connectivity index (χ1) is 14.0. The molecule has 1 aliphatic rings. The van der Waals surface area contributed by atoms with E-state index in [0.717, 1.165) is 26.9 Å². The molecule has 3 amide bonds. The quantitative estimate of drug-likeness (QED) is 0.625. The second-order valence-electron chi connectivity index (χ2n) is 6.15. The van der Waals surface area contributed by atoms with Crippen LogP contribution in [0, 0.1) is 5.82 Å². The molecule has 9 heteroatoms. The van der Waals surface area contributed by atoms with E-state index in [2.05, 4.69) is 10.3 Å². The van der Waals surface area contributed by atoms with Gasteiger partial charge in [-0.2, -0.15) is 0 Å². The smallest absolute Gasteiger partial charge is 0.293 e. The molecular formula is C20H14FN3O3S2. The molecule has 2 heterocycles. The zero-order valence-corrected chi connectivity index (χ0v) is 16.6. The van der Waals surface area contributed by atoms with Crippen LogP contribution in [0.5, 0.6) is 0 Å². The van der Waals surface area contributed by atoms with Crippen molar-refractivity contribution < 1.29 is 18.8 Å². The van der Waals surface area contributed by atoms with Crippen LogP contribution in [0.15, 0.2) is 52.9 Å². The summed E-state index contributed by atoms with van der Waals surface area (Å²) in [5.41, 5.74) is 3.26. The third kappa shape index (κ3) is 4.06. The van der Waals surface area contributed by atoms with Gasteiger partial charge in [0.2, 0.25) is 0 Å². The van der Waals surface area contributed by atoms with Crippen molar-refractivity contribution in [3.63, 3.8) is 0 Å². The van der Waals surface area contributed by atoms with E-state index >= 15 is 0 Å². The molecule has 3 aromatic rings. The third-order valence-electron chi connectivity index (χ3n) is 4.28. The van der Waals surface area contributed by atoms with Gasteiger partial charge in [-0.25, -0.2) is 9.37 Å². The molecule has 29 heavy (non-hydrogen) atoms. The Hall–Kier alpha value is -3.04. The van der Waals surface area contributed by atoms with Crippen LogP contribution in [0.2, 0.25) is 0 Å². The summed E-state index contributed by atoms with van der Waals surface area (Å²) in [5, 5.41) is 2.26. The Kier molecular flexibility index (Phi) is 5.41. The molecule has 2 aromatic carbocycles. The van der Waals surface area contributed by atoms with Gasteiger partial charge in [0.05, 0.1) is 20.6 Å². The Balaban J connectivity index is 1.38. The zero-order chi connectivity index (χ0) is 20.4. The van der Waals surface area contributed by atoms with Crippen LogP contribution < -0.4 is 5.32 Å². The topological polar surface area (TPSA) is 79.4 Å². The van der Waals surface area contributed by atoms with Crippen LogP contribution in [-0.2, 0) is 4.79 Å². The number of carbonyl (C=O) groups excluding carboxylic acids is 3. The van der Waals surface area contributed by atoms with Crippen molar-refractivity contribution >= 4 is 56.4 Å². The van der Waals surface area contributed by atoms with Crippen molar-refractivity contribution in [2.75, 3.05) is 13.1 Å². The predicted molar refractivity (Wildman–Crippen MR) is 111 cm³/mol. The summed E-state index contributed by atoms with van der Waals surface area (Å²) in [5.74, 6) is -1.26. The lowest BCUT2D eigenvalue weighted by molar-refractivity contribution is -0.122. The van der Waals surface area contributed by atoms with E-state index in [1.165, 1.54) is 29.5 Å². The zero-order valence-electron chi connectivity index (χ0n) is 14.9. The highest BCUT2D eigenvalue weighted by atomic mass is 32.2. The molecule has 1 fully saturated rings. The first kappa shape index (κ1) is 19.3. The molecule has 0 saturated carbocycles. The monoisotopic (exact) mass is 427 g/mol. The maximum atomic E-state index is 13.8. The first-order valence-electron chi connectivity index (χ1n) is 8.64. The average Bonchev–Trinajstić information content (AvgIpc) is 3.28. The summed E-state index contributed by atoms with van der Waals surface area (Å²) in [7, 11) is 0. The number of rotatable bonds is 5. The molecular weight excluding hydrogens is 413 g/mol. The van der Waals surface area contributed by atoms with Crippen LogP contribution in [0.3, 0.4) is 0 Å². The molecule has 0 unspecified atom stereocenters. The molecule has 4 rings (SSSR count). The van der Waals surface area contributed by atoms with Crippen molar-refractivity contribution in [1.29, 1.82) is 0 Å².